The number of sulfonamides is 1. The zero-order valence-electron chi connectivity index (χ0n) is 13.9. The lowest BCUT2D eigenvalue weighted by Crippen LogP contribution is -2.42. The maximum Gasteiger partial charge on any atom is 0.254 e. The van der Waals surface area contributed by atoms with Crippen molar-refractivity contribution in [2.24, 2.45) is 0 Å². The Morgan fingerprint density at radius 2 is 1.91 bits per heavy atom. The number of carbonyl (C=O) groups excluding carboxylic acids is 1. The Bertz CT molecular complexity index is 729. The number of rotatable bonds is 2. The molecule has 126 valence electrons. The van der Waals surface area contributed by atoms with Crippen molar-refractivity contribution in [3.8, 4) is 0 Å². The predicted molar refractivity (Wildman–Crippen MR) is 91.3 cm³/mol. The van der Waals surface area contributed by atoms with Gasteiger partial charge in [-0.1, -0.05) is 0 Å². The van der Waals surface area contributed by atoms with Crippen molar-refractivity contribution in [2.75, 3.05) is 17.1 Å². The Hall–Kier alpha value is -1.56. The van der Waals surface area contributed by atoms with E-state index in [0.29, 0.717) is 17.7 Å². The van der Waals surface area contributed by atoms with E-state index in [-0.39, 0.29) is 18.0 Å². The number of amides is 1. The maximum atomic E-state index is 12.8. The molecule has 0 aliphatic carbocycles. The molecule has 1 saturated heterocycles. The smallest absolute Gasteiger partial charge is 0.254 e. The zero-order valence-corrected chi connectivity index (χ0v) is 14.8. The zero-order chi connectivity index (χ0) is 16.8. The second-order valence-corrected chi connectivity index (χ2v) is 8.66. The Balaban J connectivity index is 1.91. The molecule has 2 aliphatic rings. The van der Waals surface area contributed by atoms with Gasteiger partial charge in [0, 0.05) is 24.2 Å². The monoisotopic (exact) mass is 336 g/mol. The number of anilines is 1. The van der Waals surface area contributed by atoms with E-state index in [1.807, 2.05) is 17.9 Å². The lowest BCUT2D eigenvalue weighted by Gasteiger charge is -2.33. The number of hydrogen-bond acceptors (Lipinski definition) is 3. The quantitative estimate of drug-likeness (QED) is 0.833. The van der Waals surface area contributed by atoms with Gasteiger partial charge in [-0.15, -0.1) is 0 Å². The van der Waals surface area contributed by atoms with Crippen LogP contribution in [0.25, 0.3) is 0 Å². The Morgan fingerprint density at radius 3 is 2.57 bits per heavy atom. The van der Waals surface area contributed by atoms with E-state index < -0.39 is 10.0 Å². The lowest BCUT2D eigenvalue weighted by molar-refractivity contribution is 0.0635. The summed E-state index contributed by atoms with van der Waals surface area (Å²) in [6.07, 6.45) is 5.16. The van der Waals surface area contributed by atoms with E-state index in [0.717, 1.165) is 24.9 Å². The van der Waals surface area contributed by atoms with Crippen molar-refractivity contribution >= 4 is 21.6 Å². The summed E-state index contributed by atoms with van der Waals surface area (Å²) in [5.41, 5.74) is 2.32. The van der Waals surface area contributed by atoms with Gasteiger partial charge in [0.25, 0.3) is 5.91 Å². The first-order valence-electron chi connectivity index (χ1n) is 8.22. The van der Waals surface area contributed by atoms with Crippen LogP contribution < -0.4 is 4.31 Å². The molecule has 0 aromatic heterocycles. The Kier molecular flexibility index (Phi) is 4.12. The fourth-order valence-electron chi connectivity index (χ4n) is 3.81. The van der Waals surface area contributed by atoms with Gasteiger partial charge in [-0.3, -0.25) is 9.10 Å². The second kappa shape index (κ2) is 5.82. The number of likely N-dealkylation sites (tertiary alicyclic amines) is 1. The second-order valence-electron chi connectivity index (χ2n) is 6.80. The molecule has 0 saturated carbocycles. The Labute approximate surface area is 138 Å². The number of carbonyl (C=O) groups is 1. The molecule has 2 unspecified atom stereocenters. The third-order valence-corrected chi connectivity index (χ3v) is 6.17. The predicted octanol–water partition coefficient (Wildman–Crippen LogP) is 2.41. The molecule has 2 atom stereocenters. The van der Waals surface area contributed by atoms with Crippen LogP contribution in [0.2, 0.25) is 0 Å². The molecule has 1 aromatic rings. The van der Waals surface area contributed by atoms with E-state index in [2.05, 4.69) is 6.92 Å². The van der Waals surface area contributed by atoms with Gasteiger partial charge >= 0.3 is 0 Å². The first-order chi connectivity index (χ1) is 10.8. The largest absolute Gasteiger partial charge is 0.336 e. The van der Waals surface area contributed by atoms with Crippen LogP contribution in [0, 0.1) is 0 Å². The number of nitrogens with zero attached hydrogens (tertiary/aromatic N) is 2. The summed E-state index contributed by atoms with van der Waals surface area (Å²) in [6.45, 7) is 4.80. The average molecular weight is 336 g/mol. The third kappa shape index (κ3) is 2.96. The highest BCUT2D eigenvalue weighted by atomic mass is 32.2. The van der Waals surface area contributed by atoms with Crippen molar-refractivity contribution < 1.29 is 13.2 Å². The first kappa shape index (κ1) is 16.3. The van der Waals surface area contributed by atoms with Gasteiger partial charge in [-0.05, 0) is 63.3 Å². The number of benzene rings is 1. The molecular formula is C17H24N2O3S. The number of fused-ring (bicyclic) bond motifs is 1. The molecule has 1 aromatic carbocycles. The minimum absolute atomic E-state index is 0.0606. The number of hydrogen-bond donors (Lipinski definition) is 0. The molecule has 1 fully saturated rings. The van der Waals surface area contributed by atoms with Gasteiger partial charge < -0.3 is 4.90 Å². The highest BCUT2D eigenvalue weighted by Gasteiger charge is 2.33. The van der Waals surface area contributed by atoms with E-state index in [9.17, 15) is 13.2 Å². The number of piperidine rings is 1. The van der Waals surface area contributed by atoms with Crippen molar-refractivity contribution in [1.29, 1.82) is 0 Å². The van der Waals surface area contributed by atoms with Crippen LogP contribution in [0.15, 0.2) is 18.2 Å². The minimum Gasteiger partial charge on any atom is -0.336 e. The van der Waals surface area contributed by atoms with E-state index in [1.165, 1.54) is 17.0 Å². The molecule has 3 rings (SSSR count). The normalized spacial score (nSPS) is 24.7. The van der Waals surface area contributed by atoms with Gasteiger partial charge in [0.2, 0.25) is 10.0 Å². The summed E-state index contributed by atoms with van der Waals surface area (Å²) in [7, 11) is -3.29. The highest BCUT2D eigenvalue weighted by molar-refractivity contribution is 7.92. The Morgan fingerprint density at radius 1 is 1.17 bits per heavy atom. The minimum atomic E-state index is -3.29. The lowest BCUT2D eigenvalue weighted by atomic mass is 10.0. The van der Waals surface area contributed by atoms with Crippen LogP contribution in [0.1, 0.15) is 49.0 Å². The van der Waals surface area contributed by atoms with Crippen molar-refractivity contribution in [3.05, 3.63) is 29.3 Å². The van der Waals surface area contributed by atoms with Crippen LogP contribution in [0.3, 0.4) is 0 Å². The standard InChI is InChI=1S/C17H24N2O3S/c1-12-6-4-5-9-18(12)17(20)14-7-8-16-15(11-14)10-13(2)19(16)23(3,21)22/h7-8,11-13H,4-6,9-10H2,1-3H3. The van der Waals surface area contributed by atoms with Crippen molar-refractivity contribution in [3.63, 3.8) is 0 Å². The van der Waals surface area contributed by atoms with Crippen LogP contribution in [0.4, 0.5) is 5.69 Å². The molecule has 2 aliphatic heterocycles. The summed E-state index contributed by atoms with van der Waals surface area (Å²) in [6, 6.07) is 5.59. The van der Waals surface area contributed by atoms with Gasteiger partial charge in [0.05, 0.1) is 11.9 Å². The first-order valence-corrected chi connectivity index (χ1v) is 10.1. The average Bonchev–Trinajstić information content (AvgIpc) is 2.81. The fourth-order valence-corrected chi connectivity index (χ4v) is 5.07. The maximum absolute atomic E-state index is 12.8. The molecule has 23 heavy (non-hydrogen) atoms. The molecule has 5 nitrogen and oxygen atoms in total. The highest BCUT2D eigenvalue weighted by Crippen LogP contribution is 2.35. The van der Waals surface area contributed by atoms with Crippen molar-refractivity contribution in [2.45, 2.75) is 51.6 Å². The molecule has 0 spiro atoms. The SMILES string of the molecule is CC1CCCCN1C(=O)c1ccc2c(c1)CC(C)N2S(C)(=O)=O. The van der Waals surface area contributed by atoms with Crippen LogP contribution in [0.5, 0.6) is 0 Å². The van der Waals surface area contributed by atoms with Crippen LogP contribution in [-0.2, 0) is 16.4 Å². The third-order valence-electron chi connectivity index (χ3n) is 4.90. The molecule has 0 bridgehead atoms. The topological polar surface area (TPSA) is 57.7 Å². The van der Waals surface area contributed by atoms with E-state index in [1.54, 1.807) is 12.1 Å². The molecule has 6 heteroatoms. The fraction of sp³-hybridized carbons (Fsp3) is 0.588. The van der Waals surface area contributed by atoms with Gasteiger partial charge in [0.1, 0.15) is 0 Å². The molecule has 0 N–H and O–H groups in total. The van der Waals surface area contributed by atoms with E-state index >= 15 is 0 Å². The summed E-state index contributed by atoms with van der Waals surface area (Å²) in [5.74, 6) is 0.0606. The summed E-state index contributed by atoms with van der Waals surface area (Å²) in [5, 5.41) is 0. The summed E-state index contributed by atoms with van der Waals surface area (Å²) >= 11 is 0. The van der Waals surface area contributed by atoms with E-state index in [4.69, 9.17) is 0 Å². The van der Waals surface area contributed by atoms with Crippen LogP contribution in [-0.4, -0.2) is 44.1 Å². The molecule has 0 radical (unpaired) electrons. The van der Waals surface area contributed by atoms with Crippen LogP contribution >= 0.6 is 0 Å². The molecule has 2 heterocycles. The molecular weight excluding hydrogens is 312 g/mol. The van der Waals surface area contributed by atoms with Gasteiger partial charge in [-0.2, -0.15) is 0 Å². The molecule has 1 amide bonds. The van der Waals surface area contributed by atoms with Gasteiger partial charge in [0.15, 0.2) is 0 Å². The van der Waals surface area contributed by atoms with Gasteiger partial charge in [-0.25, -0.2) is 8.42 Å². The van der Waals surface area contributed by atoms with Crippen molar-refractivity contribution in [1.82, 2.24) is 4.90 Å². The summed E-state index contributed by atoms with van der Waals surface area (Å²) in [4.78, 5) is 14.7. The summed E-state index contributed by atoms with van der Waals surface area (Å²) < 4.78 is 25.4.